The number of benzene rings is 3. The predicted molar refractivity (Wildman–Crippen MR) is 150 cm³/mol. The molecule has 0 bridgehead atoms. The monoisotopic (exact) mass is 553 g/mol. The average Bonchev–Trinajstić information content (AvgIpc) is 2.81. The van der Waals surface area contributed by atoms with Crippen molar-refractivity contribution in [2.24, 2.45) is 0 Å². The number of hydrogen-bond donors (Lipinski definition) is 0. The summed E-state index contributed by atoms with van der Waals surface area (Å²) in [5.74, 6) is 1.92. The number of aromatic nitrogens is 1. The van der Waals surface area contributed by atoms with Crippen molar-refractivity contribution in [2.45, 2.75) is 45.4 Å². The van der Waals surface area contributed by atoms with Crippen molar-refractivity contribution >= 4 is 46.1 Å². The third kappa shape index (κ3) is 4.71. The van der Waals surface area contributed by atoms with Crippen LogP contribution in [0.1, 0.15) is 26.3 Å². The highest BCUT2D eigenvalue weighted by Crippen LogP contribution is 2.45. The van der Waals surface area contributed by atoms with Crippen molar-refractivity contribution in [1.82, 2.24) is 4.57 Å². The van der Waals surface area contributed by atoms with Crippen molar-refractivity contribution in [3.63, 3.8) is 0 Å². The SMILES string of the molecule is COc1cc(Cn2c3ccccc3c(=O)c3ccc(Br)cc32)cc(OC)c1O[Si](C)(C)C(C)(C)C. The first kappa shape index (κ1) is 25.3. The fourth-order valence-electron chi connectivity index (χ4n) is 3.98. The Bertz CT molecular complexity index is 1450. The molecular formula is C28H32BrNO4Si. The molecule has 0 aliphatic rings. The first-order valence-electron chi connectivity index (χ1n) is 11.6. The zero-order valence-electron chi connectivity index (χ0n) is 21.4. The minimum absolute atomic E-state index is 0.0306. The van der Waals surface area contributed by atoms with E-state index in [1.165, 1.54) is 0 Å². The molecule has 0 saturated heterocycles. The van der Waals surface area contributed by atoms with Crippen LogP contribution in [0.5, 0.6) is 17.2 Å². The molecule has 0 atom stereocenters. The van der Waals surface area contributed by atoms with Crippen LogP contribution in [0.25, 0.3) is 21.8 Å². The molecule has 0 fully saturated rings. The second-order valence-corrected chi connectivity index (χ2v) is 15.9. The van der Waals surface area contributed by atoms with Crippen molar-refractivity contribution in [3.05, 3.63) is 74.9 Å². The fourth-order valence-corrected chi connectivity index (χ4v) is 5.35. The topological polar surface area (TPSA) is 49.7 Å². The molecule has 0 aliphatic carbocycles. The van der Waals surface area contributed by atoms with E-state index in [1.807, 2.05) is 54.6 Å². The van der Waals surface area contributed by atoms with Gasteiger partial charge in [-0.05, 0) is 66.2 Å². The van der Waals surface area contributed by atoms with Gasteiger partial charge in [0.2, 0.25) is 0 Å². The molecule has 5 nitrogen and oxygen atoms in total. The van der Waals surface area contributed by atoms with E-state index < -0.39 is 8.32 Å². The van der Waals surface area contributed by atoms with Gasteiger partial charge in [0, 0.05) is 21.8 Å². The molecule has 0 saturated carbocycles. The Labute approximate surface area is 215 Å². The van der Waals surface area contributed by atoms with E-state index in [2.05, 4.69) is 54.4 Å². The van der Waals surface area contributed by atoms with Crippen LogP contribution in [0, 0.1) is 0 Å². The van der Waals surface area contributed by atoms with Gasteiger partial charge in [-0.15, -0.1) is 0 Å². The lowest BCUT2D eigenvalue weighted by Crippen LogP contribution is -2.44. The summed E-state index contributed by atoms with van der Waals surface area (Å²) in [6, 6.07) is 17.5. The first-order chi connectivity index (χ1) is 16.5. The maximum atomic E-state index is 13.2. The van der Waals surface area contributed by atoms with Crippen LogP contribution in [0.3, 0.4) is 0 Å². The Morgan fingerprint density at radius 3 is 2.09 bits per heavy atom. The van der Waals surface area contributed by atoms with Crippen LogP contribution < -0.4 is 19.3 Å². The second kappa shape index (κ2) is 9.35. The van der Waals surface area contributed by atoms with Crippen LogP contribution in [0.4, 0.5) is 0 Å². The van der Waals surface area contributed by atoms with E-state index >= 15 is 0 Å². The van der Waals surface area contributed by atoms with Gasteiger partial charge in [-0.3, -0.25) is 4.79 Å². The zero-order chi connectivity index (χ0) is 25.5. The Kier molecular flexibility index (Phi) is 6.77. The van der Waals surface area contributed by atoms with E-state index in [9.17, 15) is 4.79 Å². The molecule has 4 aromatic rings. The first-order valence-corrected chi connectivity index (χ1v) is 15.3. The average molecular weight is 555 g/mol. The number of hydrogen-bond acceptors (Lipinski definition) is 4. The maximum absolute atomic E-state index is 13.2. The van der Waals surface area contributed by atoms with Gasteiger partial charge in [-0.1, -0.05) is 48.8 Å². The molecule has 35 heavy (non-hydrogen) atoms. The molecular weight excluding hydrogens is 522 g/mol. The molecule has 7 heteroatoms. The van der Waals surface area contributed by atoms with Gasteiger partial charge >= 0.3 is 0 Å². The number of halogens is 1. The van der Waals surface area contributed by atoms with Gasteiger partial charge < -0.3 is 18.5 Å². The van der Waals surface area contributed by atoms with Crippen LogP contribution in [0.2, 0.25) is 18.1 Å². The maximum Gasteiger partial charge on any atom is 0.250 e. The van der Waals surface area contributed by atoms with E-state index in [0.717, 1.165) is 21.1 Å². The lowest BCUT2D eigenvalue weighted by molar-refractivity contribution is 0.353. The van der Waals surface area contributed by atoms with Gasteiger partial charge in [0.25, 0.3) is 8.32 Å². The molecule has 0 N–H and O–H groups in total. The number of para-hydroxylation sites is 1. The summed E-state index contributed by atoms with van der Waals surface area (Å²) in [5, 5.41) is 1.41. The number of methoxy groups -OCH3 is 2. The zero-order valence-corrected chi connectivity index (χ0v) is 23.9. The van der Waals surface area contributed by atoms with Crippen molar-refractivity contribution in [2.75, 3.05) is 14.2 Å². The Morgan fingerprint density at radius 1 is 0.886 bits per heavy atom. The lowest BCUT2D eigenvalue weighted by Gasteiger charge is -2.37. The van der Waals surface area contributed by atoms with Crippen LogP contribution in [-0.4, -0.2) is 27.1 Å². The summed E-state index contributed by atoms with van der Waals surface area (Å²) in [6.07, 6.45) is 0. The minimum atomic E-state index is -2.12. The van der Waals surface area contributed by atoms with Gasteiger partial charge in [0.15, 0.2) is 22.7 Å². The van der Waals surface area contributed by atoms with Gasteiger partial charge in [0.05, 0.1) is 25.3 Å². The third-order valence-electron chi connectivity index (χ3n) is 6.96. The molecule has 184 valence electrons. The number of ether oxygens (including phenoxy) is 2. The van der Waals surface area contributed by atoms with E-state index in [0.29, 0.717) is 34.6 Å². The summed E-state index contributed by atoms with van der Waals surface area (Å²) < 4.78 is 21.3. The van der Waals surface area contributed by atoms with E-state index in [1.54, 1.807) is 14.2 Å². The second-order valence-electron chi connectivity index (χ2n) is 10.3. The minimum Gasteiger partial charge on any atom is -0.539 e. The molecule has 3 aromatic carbocycles. The molecule has 0 unspecified atom stereocenters. The third-order valence-corrected chi connectivity index (χ3v) is 11.8. The van der Waals surface area contributed by atoms with Crippen LogP contribution >= 0.6 is 15.9 Å². The Hall–Kier alpha value is -2.77. The summed E-state index contributed by atoms with van der Waals surface area (Å²) in [7, 11) is 1.18. The molecule has 1 aromatic heterocycles. The fraction of sp³-hybridized carbons (Fsp3) is 0.321. The highest BCUT2D eigenvalue weighted by Gasteiger charge is 2.40. The number of nitrogens with zero attached hydrogens (tertiary/aromatic N) is 1. The van der Waals surface area contributed by atoms with E-state index in [4.69, 9.17) is 13.9 Å². The summed E-state index contributed by atoms with van der Waals surface area (Å²) in [4.78, 5) is 13.2. The normalized spacial score (nSPS) is 12.2. The van der Waals surface area contributed by atoms with E-state index in [-0.39, 0.29) is 10.5 Å². The molecule has 0 spiro atoms. The molecule has 0 aliphatic heterocycles. The quantitative estimate of drug-likeness (QED) is 0.185. The van der Waals surface area contributed by atoms with Gasteiger partial charge in [-0.25, -0.2) is 0 Å². The van der Waals surface area contributed by atoms with Crippen LogP contribution in [0.15, 0.2) is 63.9 Å². The number of pyridine rings is 1. The van der Waals surface area contributed by atoms with Crippen molar-refractivity contribution in [1.29, 1.82) is 0 Å². The predicted octanol–water partition coefficient (Wildman–Crippen LogP) is 7.37. The van der Waals surface area contributed by atoms with Gasteiger partial charge in [0.1, 0.15) is 0 Å². The summed E-state index contributed by atoms with van der Waals surface area (Å²) >= 11 is 3.57. The summed E-state index contributed by atoms with van der Waals surface area (Å²) in [5.41, 5.74) is 2.76. The van der Waals surface area contributed by atoms with Gasteiger partial charge in [-0.2, -0.15) is 0 Å². The largest absolute Gasteiger partial charge is 0.539 e. The van der Waals surface area contributed by atoms with Crippen molar-refractivity contribution in [3.8, 4) is 17.2 Å². The highest BCUT2D eigenvalue weighted by atomic mass is 79.9. The summed E-state index contributed by atoms with van der Waals surface area (Å²) in [6.45, 7) is 11.6. The Morgan fingerprint density at radius 2 is 1.49 bits per heavy atom. The Balaban J connectivity index is 1.90. The van der Waals surface area contributed by atoms with Crippen LogP contribution in [-0.2, 0) is 6.54 Å². The molecule has 0 amide bonds. The standard InChI is InChI=1S/C28H32BrNO4Si/c1-28(2,3)35(6,7)34-27-24(32-4)14-18(15-25(27)33-5)17-30-22-11-9-8-10-20(22)26(31)21-13-12-19(29)16-23(21)30/h8-16H,17H2,1-7H3. The number of fused-ring (bicyclic) bond motifs is 2. The molecule has 4 rings (SSSR count). The van der Waals surface area contributed by atoms with Crippen molar-refractivity contribution < 1.29 is 13.9 Å². The molecule has 0 radical (unpaired) electrons. The number of rotatable bonds is 6. The molecule has 1 heterocycles. The smallest absolute Gasteiger partial charge is 0.250 e. The lowest BCUT2D eigenvalue weighted by atomic mass is 10.1. The highest BCUT2D eigenvalue weighted by molar-refractivity contribution is 9.10.